The van der Waals surface area contributed by atoms with Crippen molar-refractivity contribution >= 4 is 17.2 Å². The molecule has 2 fully saturated rings. The van der Waals surface area contributed by atoms with Crippen LogP contribution in [0.25, 0.3) is 10.8 Å². The van der Waals surface area contributed by atoms with E-state index in [0.717, 1.165) is 35.3 Å². The Kier molecular flexibility index (Phi) is 4.21. The number of aromatic nitrogens is 1. The Bertz CT molecular complexity index is 662. The Morgan fingerprint density at radius 1 is 1.30 bits per heavy atom. The average Bonchev–Trinajstić information content (AvgIpc) is 3.25. The summed E-state index contributed by atoms with van der Waals surface area (Å²) in [5, 5.41) is 2.84. The fourth-order valence-electron chi connectivity index (χ4n) is 4.09. The molecular formula is C18H22N2O2S. The summed E-state index contributed by atoms with van der Waals surface area (Å²) >= 11 is 1.54. The summed E-state index contributed by atoms with van der Waals surface area (Å²) in [7, 11) is 0. The van der Waals surface area contributed by atoms with Gasteiger partial charge in [0.2, 0.25) is 5.91 Å². The van der Waals surface area contributed by atoms with Gasteiger partial charge in [0.05, 0.1) is 18.4 Å². The Hall–Kier alpha value is -1.62. The molecule has 23 heavy (non-hydrogen) atoms. The topological polar surface area (TPSA) is 46.3 Å². The molecule has 1 aliphatic heterocycles. The van der Waals surface area contributed by atoms with E-state index in [1.165, 1.54) is 32.1 Å². The van der Waals surface area contributed by atoms with Crippen LogP contribution < -0.4 is 0 Å². The molecule has 2 aromatic rings. The molecule has 1 saturated heterocycles. The van der Waals surface area contributed by atoms with Gasteiger partial charge in [0.1, 0.15) is 0 Å². The van der Waals surface area contributed by atoms with E-state index < -0.39 is 0 Å². The second kappa shape index (κ2) is 6.48. The highest BCUT2D eigenvalue weighted by molar-refractivity contribution is 7.13. The molecule has 0 aromatic carbocycles. The second-order valence-electron chi connectivity index (χ2n) is 6.64. The number of nitrogens with zero attached hydrogens (tertiary/aromatic N) is 2. The van der Waals surface area contributed by atoms with Gasteiger partial charge in [-0.05, 0) is 43.7 Å². The van der Waals surface area contributed by atoms with E-state index in [2.05, 4.69) is 9.88 Å². The van der Waals surface area contributed by atoms with E-state index in [1.54, 1.807) is 17.6 Å². The third-order valence-corrected chi connectivity index (χ3v) is 6.09. The largest absolute Gasteiger partial charge is 0.462 e. The van der Waals surface area contributed by atoms with Crippen LogP contribution in [0, 0.1) is 5.92 Å². The van der Waals surface area contributed by atoms with Crippen molar-refractivity contribution in [3.05, 3.63) is 29.5 Å². The summed E-state index contributed by atoms with van der Waals surface area (Å²) in [4.78, 5) is 19.5. The third-order valence-electron chi connectivity index (χ3n) is 5.18. The minimum absolute atomic E-state index is 0.248. The van der Waals surface area contributed by atoms with Gasteiger partial charge in [-0.2, -0.15) is 0 Å². The van der Waals surface area contributed by atoms with E-state index in [4.69, 9.17) is 4.42 Å². The summed E-state index contributed by atoms with van der Waals surface area (Å²) in [5.41, 5.74) is 0.865. The predicted octanol–water partition coefficient (Wildman–Crippen LogP) is 4.13. The first-order valence-electron chi connectivity index (χ1n) is 8.59. The van der Waals surface area contributed by atoms with Crippen LogP contribution in [0.5, 0.6) is 0 Å². The molecule has 0 radical (unpaired) electrons. The van der Waals surface area contributed by atoms with Gasteiger partial charge in [-0.15, -0.1) is 11.3 Å². The fraction of sp³-hybridized carbons (Fsp3) is 0.556. The average molecular weight is 330 g/mol. The molecule has 1 amide bonds. The smallest absolute Gasteiger partial charge is 0.228 e. The molecule has 2 aromatic heterocycles. The van der Waals surface area contributed by atoms with Crippen LogP contribution >= 0.6 is 11.3 Å². The molecular weight excluding hydrogens is 308 g/mol. The number of hydrogen-bond acceptors (Lipinski definition) is 4. The first-order chi connectivity index (χ1) is 11.3. The SMILES string of the molecule is O=C(Cc1csc(-c2ccco2)n1)N1CCCC2CCCCC21. The number of rotatable bonds is 3. The molecule has 1 saturated carbocycles. The van der Waals surface area contributed by atoms with E-state index in [-0.39, 0.29) is 5.91 Å². The predicted molar refractivity (Wildman–Crippen MR) is 90.2 cm³/mol. The number of furan rings is 1. The van der Waals surface area contributed by atoms with Crippen LogP contribution in [0.4, 0.5) is 0 Å². The molecule has 5 heteroatoms. The highest BCUT2D eigenvalue weighted by atomic mass is 32.1. The lowest BCUT2D eigenvalue weighted by atomic mass is 9.78. The summed E-state index contributed by atoms with van der Waals surface area (Å²) in [5.74, 6) is 1.76. The van der Waals surface area contributed by atoms with Gasteiger partial charge in [0.15, 0.2) is 10.8 Å². The van der Waals surface area contributed by atoms with Crippen molar-refractivity contribution in [3.63, 3.8) is 0 Å². The van der Waals surface area contributed by atoms with Gasteiger partial charge in [0.25, 0.3) is 0 Å². The monoisotopic (exact) mass is 330 g/mol. The van der Waals surface area contributed by atoms with E-state index in [9.17, 15) is 4.79 Å². The molecule has 0 N–H and O–H groups in total. The van der Waals surface area contributed by atoms with Crippen molar-refractivity contribution in [2.24, 2.45) is 5.92 Å². The zero-order valence-electron chi connectivity index (χ0n) is 13.2. The Morgan fingerprint density at radius 2 is 2.17 bits per heavy atom. The van der Waals surface area contributed by atoms with Crippen LogP contribution in [-0.2, 0) is 11.2 Å². The van der Waals surface area contributed by atoms with Crippen molar-refractivity contribution in [1.82, 2.24) is 9.88 Å². The number of carbonyl (C=O) groups excluding carboxylic acids is 1. The van der Waals surface area contributed by atoms with Gasteiger partial charge < -0.3 is 9.32 Å². The number of fused-ring (bicyclic) bond motifs is 1. The molecule has 3 heterocycles. The zero-order chi connectivity index (χ0) is 15.6. The third kappa shape index (κ3) is 3.07. The number of likely N-dealkylation sites (tertiary alicyclic amines) is 1. The molecule has 1 aliphatic carbocycles. The van der Waals surface area contributed by atoms with Crippen molar-refractivity contribution in [3.8, 4) is 10.8 Å². The minimum atomic E-state index is 0.248. The molecule has 122 valence electrons. The number of piperidine rings is 1. The molecule has 2 unspecified atom stereocenters. The standard InChI is InChI=1S/C18H22N2O2S/c21-17(20-9-3-6-13-5-1-2-7-15(13)20)11-14-12-23-18(19-14)16-8-4-10-22-16/h4,8,10,12-13,15H,1-3,5-7,9,11H2. The normalized spacial score (nSPS) is 24.4. The first kappa shape index (κ1) is 14.9. The van der Waals surface area contributed by atoms with Crippen LogP contribution in [0.1, 0.15) is 44.2 Å². The van der Waals surface area contributed by atoms with Crippen LogP contribution in [-0.4, -0.2) is 28.4 Å². The summed E-state index contributed by atoms with van der Waals surface area (Å²) in [6, 6.07) is 4.24. The van der Waals surface area contributed by atoms with Gasteiger partial charge in [-0.25, -0.2) is 4.98 Å². The van der Waals surface area contributed by atoms with E-state index in [1.807, 2.05) is 17.5 Å². The van der Waals surface area contributed by atoms with Crippen LogP contribution in [0.3, 0.4) is 0 Å². The van der Waals surface area contributed by atoms with Crippen molar-refractivity contribution in [1.29, 1.82) is 0 Å². The molecule has 0 bridgehead atoms. The second-order valence-corrected chi connectivity index (χ2v) is 7.50. The zero-order valence-corrected chi connectivity index (χ0v) is 14.1. The van der Waals surface area contributed by atoms with Crippen molar-refractivity contribution < 1.29 is 9.21 Å². The molecule has 0 spiro atoms. The molecule has 2 aliphatic rings. The van der Waals surface area contributed by atoms with Crippen LogP contribution in [0.15, 0.2) is 28.2 Å². The number of hydrogen-bond donors (Lipinski definition) is 0. The minimum Gasteiger partial charge on any atom is -0.462 e. The molecule has 2 atom stereocenters. The maximum atomic E-state index is 12.8. The fourth-order valence-corrected chi connectivity index (χ4v) is 4.88. The lowest BCUT2D eigenvalue weighted by Gasteiger charge is -2.44. The van der Waals surface area contributed by atoms with Crippen LogP contribution in [0.2, 0.25) is 0 Å². The summed E-state index contributed by atoms with van der Waals surface area (Å²) in [6.45, 7) is 0.926. The Balaban J connectivity index is 1.45. The maximum absolute atomic E-state index is 12.8. The molecule has 4 nitrogen and oxygen atoms in total. The first-order valence-corrected chi connectivity index (χ1v) is 9.47. The lowest BCUT2D eigenvalue weighted by molar-refractivity contribution is -0.136. The van der Waals surface area contributed by atoms with Gasteiger partial charge in [-0.1, -0.05) is 12.8 Å². The summed E-state index contributed by atoms with van der Waals surface area (Å²) < 4.78 is 5.38. The molecule has 4 rings (SSSR count). The van der Waals surface area contributed by atoms with Gasteiger partial charge in [-0.3, -0.25) is 4.79 Å². The quantitative estimate of drug-likeness (QED) is 0.850. The van der Waals surface area contributed by atoms with Gasteiger partial charge in [0, 0.05) is 18.0 Å². The van der Waals surface area contributed by atoms with Gasteiger partial charge >= 0.3 is 0 Å². The Morgan fingerprint density at radius 3 is 3.04 bits per heavy atom. The highest BCUT2D eigenvalue weighted by Crippen LogP contribution is 2.35. The lowest BCUT2D eigenvalue weighted by Crippen LogP contribution is -2.50. The highest BCUT2D eigenvalue weighted by Gasteiger charge is 2.35. The van der Waals surface area contributed by atoms with E-state index >= 15 is 0 Å². The number of thiazole rings is 1. The summed E-state index contributed by atoms with van der Waals surface area (Å²) in [6.07, 6.45) is 9.61. The van der Waals surface area contributed by atoms with E-state index in [0.29, 0.717) is 12.5 Å². The van der Waals surface area contributed by atoms with Crippen molar-refractivity contribution in [2.45, 2.75) is 51.0 Å². The maximum Gasteiger partial charge on any atom is 0.228 e. The Labute approximate surface area is 140 Å². The number of amides is 1. The van der Waals surface area contributed by atoms with Crippen molar-refractivity contribution in [2.75, 3.05) is 6.54 Å². The number of carbonyl (C=O) groups is 1.